The Morgan fingerprint density at radius 1 is 1.10 bits per heavy atom. The van der Waals surface area contributed by atoms with Crippen molar-refractivity contribution in [2.75, 3.05) is 13.1 Å². The van der Waals surface area contributed by atoms with Crippen molar-refractivity contribution >= 4 is 5.91 Å². The van der Waals surface area contributed by atoms with Gasteiger partial charge in [-0.15, -0.1) is 0 Å². The molecule has 3 heteroatoms. The van der Waals surface area contributed by atoms with Crippen LogP contribution in [0.25, 0.3) is 0 Å². The first-order valence-electron chi connectivity index (χ1n) is 7.77. The van der Waals surface area contributed by atoms with E-state index in [2.05, 4.69) is 13.8 Å². The number of carbonyl (C=O) groups excluding carboxylic acids is 1. The molecule has 0 spiro atoms. The molecule has 0 fully saturated rings. The number of amides is 1. The lowest BCUT2D eigenvalue weighted by atomic mass is 10.0. The van der Waals surface area contributed by atoms with E-state index in [0.29, 0.717) is 6.42 Å². The highest BCUT2D eigenvalue weighted by Gasteiger charge is 2.17. The molecule has 1 unspecified atom stereocenters. The van der Waals surface area contributed by atoms with E-state index < -0.39 is 0 Å². The summed E-state index contributed by atoms with van der Waals surface area (Å²) in [6.45, 7) is 6.02. The van der Waals surface area contributed by atoms with Crippen LogP contribution in [0.1, 0.15) is 57.6 Å². The predicted molar refractivity (Wildman–Crippen MR) is 84.4 cm³/mol. The van der Waals surface area contributed by atoms with Gasteiger partial charge in [0, 0.05) is 25.6 Å². The smallest absolute Gasteiger partial charge is 0.224 e. The molecule has 2 N–H and O–H groups in total. The molecule has 0 radical (unpaired) electrons. The van der Waals surface area contributed by atoms with Gasteiger partial charge in [0.25, 0.3) is 0 Å². The quantitative estimate of drug-likeness (QED) is 0.750. The Morgan fingerprint density at radius 3 is 2.15 bits per heavy atom. The third-order valence-electron chi connectivity index (χ3n) is 3.54. The van der Waals surface area contributed by atoms with Crippen molar-refractivity contribution in [1.82, 2.24) is 4.90 Å². The maximum absolute atomic E-state index is 12.4. The summed E-state index contributed by atoms with van der Waals surface area (Å²) in [5.74, 6) is 0.184. The van der Waals surface area contributed by atoms with E-state index in [-0.39, 0.29) is 11.9 Å². The Bertz CT molecular complexity index is 370. The van der Waals surface area contributed by atoms with Gasteiger partial charge >= 0.3 is 0 Å². The second kappa shape index (κ2) is 9.54. The molecule has 0 saturated heterocycles. The number of benzene rings is 1. The molecule has 1 atom stereocenters. The topological polar surface area (TPSA) is 46.3 Å². The maximum Gasteiger partial charge on any atom is 0.224 e. The van der Waals surface area contributed by atoms with E-state index in [1.807, 2.05) is 35.2 Å². The number of hydrogen-bond donors (Lipinski definition) is 1. The van der Waals surface area contributed by atoms with Crippen LogP contribution in [0.15, 0.2) is 30.3 Å². The summed E-state index contributed by atoms with van der Waals surface area (Å²) in [5.41, 5.74) is 7.18. The van der Waals surface area contributed by atoms with Crippen molar-refractivity contribution < 1.29 is 4.79 Å². The maximum atomic E-state index is 12.4. The molecular weight excluding hydrogens is 248 g/mol. The first kappa shape index (κ1) is 16.7. The van der Waals surface area contributed by atoms with Crippen molar-refractivity contribution in [1.29, 1.82) is 0 Å². The highest BCUT2D eigenvalue weighted by atomic mass is 16.2. The fourth-order valence-electron chi connectivity index (χ4n) is 2.19. The number of carbonyl (C=O) groups is 1. The zero-order valence-electron chi connectivity index (χ0n) is 12.8. The molecule has 0 saturated carbocycles. The predicted octanol–water partition coefficient (Wildman–Crippen LogP) is 3.51. The Labute approximate surface area is 123 Å². The van der Waals surface area contributed by atoms with Gasteiger partial charge in [-0.2, -0.15) is 0 Å². The van der Waals surface area contributed by atoms with Gasteiger partial charge in [-0.25, -0.2) is 0 Å². The third kappa shape index (κ3) is 5.74. The van der Waals surface area contributed by atoms with Crippen LogP contribution in [-0.4, -0.2) is 23.9 Å². The fourth-order valence-corrected chi connectivity index (χ4v) is 2.19. The van der Waals surface area contributed by atoms with Gasteiger partial charge in [0.05, 0.1) is 0 Å². The zero-order chi connectivity index (χ0) is 14.8. The number of hydrogen-bond acceptors (Lipinski definition) is 2. The molecule has 0 heterocycles. The first-order chi connectivity index (χ1) is 9.69. The highest BCUT2D eigenvalue weighted by molar-refractivity contribution is 5.77. The summed E-state index contributed by atoms with van der Waals surface area (Å²) in [5, 5.41) is 0. The lowest BCUT2D eigenvalue weighted by molar-refractivity contribution is -0.131. The second-order valence-corrected chi connectivity index (χ2v) is 5.31. The summed E-state index contributed by atoms with van der Waals surface area (Å²) < 4.78 is 0. The highest BCUT2D eigenvalue weighted by Crippen LogP contribution is 2.15. The molecule has 20 heavy (non-hydrogen) atoms. The summed E-state index contributed by atoms with van der Waals surface area (Å²) >= 11 is 0. The van der Waals surface area contributed by atoms with Crippen molar-refractivity contribution in [3.63, 3.8) is 0 Å². The Hall–Kier alpha value is -1.35. The average molecular weight is 276 g/mol. The van der Waals surface area contributed by atoms with Crippen LogP contribution < -0.4 is 5.73 Å². The molecule has 0 aromatic heterocycles. The summed E-state index contributed by atoms with van der Waals surface area (Å²) in [7, 11) is 0. The van der Waals surface area contributed by atoms with E-state index in [0.717, 1.165) is 44.3 Å². The van der Waals surface area contributed by atoms with Gasteiger partial charge in [-0.3, -0.25) is 4.79 Å². The zero-order valence-corrected chi connectivity index (χ0v) is 12.8. The van der Waals surface area contributed by atoms with Gasteiger partial charge in [-0.1, -0.05) is 57.0 Å². The van der Waals surface area contributed by atoms with Crippen molar-refractivity contribution in [3.05, 3.63) is 35.9 Å². The van der Waals surface area contributed by atoms with Crippen LogP contribution in [0.4, 0.5) is 0 Å². The number of unbranched alkanes of at least 4 members (excludes halogenated alkanes) is 2. The minimum absolute atomic E-state index is 0.184. The average Bonchev–Trinajstić information content (AvgIpc) is 2.48. The SMILES string of the molecule is CCCCN(CCCC)C(=O)CC(N)c1ccccc1. The van der Waals surface area contributed by atoms with Crippen LogP contribution in [-0.2, 0) is 4.79 Å². The fraction of sp³-hybridized carbons (Fsp3) is 0.588. The van der Waals surface area contributed by atoms with Crippen LogP contribution in [0.3, 0.4) is 0 Å². The second-order valence-electron chi connectivity index (χ2n) is 5.31. The lowest BCUT2D eigenvalue weighted by Crippen LogP contribution is -2.35. The number of rotatable bonds is 9. The first-order valence-corrected chi connectivity index (χ1v) is 7.77. The normalized spacial score (nSPS) is 12.2. The summed E-state index contributed by atoms with van der Waals surface area (Å²) in [6.07, 6.45) is 4.75. The monoisotopic (exact) mass is 276 g/mol. The van der Waals surface area contributed by atoms with Gasteiger partial charge in [0.2, 0.25) is 5.91 Å². The molecule has 0 bridgehead atoms. The molecule has 0 aliphatic heterocycles. The molecule has 0 aliphatic carbocycles. The molecule has 1 rings (SSSR count). The Balaban J connectivity index is 2.55. The van der Waals surface area contributed by atoms with E-state index in [1.54, 1.807) is 0 Å². The molecular formula is C17H28N2O. The van der Waals surface area contributed by atoms with Gasteiger partial charge < -0.3 is 10.6 Å². The standard InChI is InChI=1S/C17H28N2O/c1-3-5-12-19(13-6-4-2)17(20)14-16(18)15-10-8-7-9-11-15/h7-11,16H,3-6,12-14,18H2,1-2H3. The minimum Gasteiger partial charge on any atom is -0.343 e. The van der Waals surface area contributed by atoms with E-state index in [9.17, 15) is 4.79 Å². The van der Waals surface area contributed by atoms with Crippen LogP contribution in [0.5, 0.6) is 0 Å². The number of nitrogens with two attached hydrogens (primary N) is 1. The molecule has 0 aliphatic rings. The summed E-state index contributed by atoms with van der Waals surface area (Å²) in [6, 6.07) is 9.67. The summed E-state index contributed by atoms with van der Waals surface area (Å²) in [4.78, 5) is 14.4. The Kier molecular flexibility index (Phi) is 7.97. The van der Waals surface area contributed by atoms with Gasteiger partial charge in [0.15, 0.2) is 0 Å². The molecule has 1 aromatic rings. The lowest BCUT2D eigenvalue weighted by Gasteiger charge is -2.24. The van der Waals surface area contributed by atoms with E-state index in [1.165, 1.54) is 0 Å². The molecule has 112 valence electrons. The largest absolute Gasteiger partial charge is 0.343 e. The number of nitrogens with zero attached hydrogens (tertiary/aromatic N) is 1. The van der Waals surface area contributed by atoms with Gasteiger partial charge in [-0.05, 0) is 18.4 Å². The molecule has 1 aromatic carbocycles. The van der Waals surface area contributed by atoms with E-state index >= 15 is 0 Å². The van der Waals surface area contributed by atoms with Crippen molar-refractivity contribution in [2.24, 2.45) is 5.73 Å². The molecule has 1 amide bonds. The Morgan fingerprint density at radius 2 is 1.65 bits per heavy atom. The van der Waals surface area contributed by atoms with Crippen molar-refractivity contribution in [3.8, 4) is 0 Å². The third-order valence-corrected chi connectivity index (χ3v) is 3.54. The van der Waals surface area contributed by atoms with E-state index in [4.69, 9.17) is 5.73 Å². The molecule has 3 nitrogen and oxygen atoms in total. The van der Waals surface area contributed by atoms with Crippen molar-refractivity contribution in [2.45, 2.75) is 52.0 Å². The van der Waals surface area contributed by atoms with Crippen LogP contribution in [0.2, 0.25) is 0 Å². The van der Waals surface area contributed by atoms with Crippen LogP contribution in [0, 0.1) is 0 Å². The van der Waals surface area contributed by atoms with Crippen LogP contribution >= 0.6 is 0 Å². The van der Waals surface area contributed by atoms with Gasteiger partial charge in [0.1, 0.15) is 0 Å². The minimum atomic E-state index is -0.200.